The summed E-state index contributed by atoms with van der Waals surface area (Å²) in [6, 6.07) is 17.3. The van der Waals surface area contributed by atoms with Crippen molar-refractivity contribution >= 4 is 22.6 Å². The number of imidazole rings is 1. The van der Waals surface area contributed by atoms with Crippen LogP contribution < -0.4 is 11.2 Å². The SMILES string of the molecule is N#Cc1cn(C2CC2)c(=O)n(Cc2nc3cc(Cl)ccc3n2Cc2ccccc2)c1=O. The minimum Gasteiger partial charge on any atom is -0.322 e. The lowest BCUT2D eigenvalue weighted by Gasteiger charge is -2.12. The van der Waals surface area contributed by atoms with E-state index in [1.807, 2.05) is 47.0 Å². The van der Waals surface area contributed by atoms with Crippen LogP contribution in [-0.2, 0) is 13.1 Å². The van der Waals surface area contributed by atoms with Crippen LogP contribution in [0.5, 0.6) is 0 Å². The Bertz CT molecular complexity index is 1460. The fraction of sp³-hybridized carbons (Fsp3) is 0.217. The number of rotatable bonds is 5. The molecule has 31 heavy (non-hydrogen) atoms. The number of benzene rings is 2. The highest BCUT2D eigenvalue weighted by Gasteiger charge is 2.27. The third kappa shape index (κ3) is 3.56. The number of nitrogens with zero attached hydrogens (tertiary/aromatic N) is 5. The summed E-state index contributed by atoms with van der Waals surface area (Å²) in [6.45, 7) is 0.497. The van der Waals surface area contributed by atoms with E-state index in [4.69, 9.17) is 11.6 Å². The highest BCUT2D eigenvalue weighted by atomic mass is 35.5. The number of fused-ring (bicyclic) bond motifs is 1. The molecular formula is C23H18ClN5O2. The summed E-state index contributed by atoms with van der Waals surface area (Å²) in [6.07, 6.45) is 3.12. The van der Waals surface area contributed by atoms with Crippen molar-refractivity contribution in [1.29, 1.82) is 5.26 Å². The Hall–Kier alpha value is -3.63. The Labute approximate surface area is 182 Å². The van der Waals surface area contributed by atoms with Crippen LogP contribution in [0.1, 0.15) is 35.8 Å². The zero-order valence-electron chi connectivity index (χ0n) is 16.5. The van der Waals surface area contributed by atoms with E-state index in [9.17, 15) is 14.9 Å². The van der Waals surface area contributed by atoms with Gasteiger partial charge in [0.25, 0.3) is 5.56 Å². The van der Waals surface area contributed by atoms with Gasteiger partial charge in [-0.3, -0.25) is 13.9 Å². The molecule has 2 aromatic heterocycles. The van der Waals surface area contributed by atoms with Crippen molar-refractivity contribution < 1.29 is 0 Å². The maximum atomic E-state index is 13.0. The molecule has 1 saturated carbocycles. The third-order valence-corrected chi connectivity index (χ3v) is 5.76. The van der Waals surface area contributed by atoms with Crippen LogP contribution in [0.2, 0.25) is 5.02 Å². The van der Waals surface area contributed by atoms with E-state index in [0.29, 0.717) is 22.9 Å². The quantitative estimate of drug-likeness (QED) is 0.485. The summed E-state index contributed by atoms with van der Waals surface area (Å²) < 4.78 is 4.59. The first-order chi connectivity index (χ1) is 15.0. The summed E-state index contributed by atoms with van der Waals surface area (Å²) in [5.41, 5.74) is 1.55. The molecule has 0 atom stereocenters. The highest BCUT2D eigenvalue weighted by molar-refractivity contribution is 6.31. The van der Waals surface area contributed by atoms with Gasteiger partial charge in [-0.1, -0.05) is 41.9 Å². The summed E-state index contributed by atoms with van der Waals surface area (Å²) in [5, 5.41) is 9.97. The topological polar surface area (TPSA) is 85.6 Å². The minimum atomic E-state index is -0.597. The molecule has 0 bridgehead atoms. The largest absolute Gasteiger partial charge is 0.331 e. The molecule has 2 heterocycles. The maximum Gasteiger partial charge on any atom is 0.331 e. The minimum absolute atomic E-state index is 0.0287. The van der Waals surface area contributed by atoms with Crippen molar-refractivity contribution in [1.82, 2.24) is 18.7 Å². The number of hydrogen-bond acceptors (Lipinski definition) is 4. The molecular weight excluding hydrogens is 414 g/mol. The van der Waals surface area contributed by atoms with E-state index in [1.165, 1.54) is 10.8 Å². The molecule has 1 aliphatic carbocycles. The Morgan fingerprint density at radius 2 is 1.84 bits per heavy atom. The lowest BCUT2D eigenvalue weighted by Crippen LogP contribution is -2.41. The summed E-state index contributed by atoms with van der Waals surface area (Å²) >= 11 is 6.16. The van der Waals surface area contributed by atoms with Gasteiger partial charge in [0.15, 0.2) is 0 Å². The predicted molar refractivity (Wildman–Crippen MR) is 117 cm³/mol. The van der Waals surface area contributed by atoms with Crippen molar-refractivity contribution in [2.75, 3.05) is 0 Å². The number of hydrogen-bond donors (Lipinski definition) is 0. The van der Waals surface area contributed by atoms with Crippen LogP contribution >= 0.6 is 11.6 Å². The predicted octanol–water partition coefficient (Wildman–Crippen LogP) is 3.32. The molecule has 0 amide bonds. The van der Waals surface area contributed by atoms with Gasteiger partial charge in [-0.2, -0.15) is 5.26 Å². The van der Waals surface area contributed by atoms with Gasteiger partial charge in [-0.25, -0.2) is 9.78 Å². The second-order valence-electron chi connectivity index (χ2n) is 7.70. The normalized spacial score (nSPS) is 13.4. The van der Waals surface area contributed by atoms with E-state index < -0.39 is 11.2 Å². The molecule has 1 fully saturated rings. The molecule has 0 saturated heterocycles. The second kappa shape index (κ2) is 7.56. The van der Waals surface area contributed by atoms with Crippen LogP contribution in [0.3, 0.4) is 0 Å². The molecule has 2 aromatic carbocycles. The number of nitriles is 1. The summed E-state index contributed by atoms with van der Waals surface area (Å²) in [7, 11) is 0. The van der Waals surface area contributed by atoms with Crippen LogP contribution in [0, 0.1) is 11.3 Å². The van der Waals surface area contributed by atoms with Crippen LogP contribution in [-0.4, -0.2) is 18.7 Å². The zero-order valence-corrected chi connectivity index (χ0v) is 17.3. The molecule has 0 radical (unpaired) electrons. The van der Waals surface area contributed by atoms with Crippen molar-refractivity contribution in [3.63, 3.8) is 0 Å². The standard InChI is InChI=1S/C23H18ClN5O2/c24-17-6-9-20-19(10-17)26-21(28(20)12-15-4-2-1-3-5-15)14-29-22(30)16(11-25)13-27(23(29)31)18-7-8-18/h1-6,9-10,13,18H,7-8,12,14H2. The second-order valence-corrected chi connectivity index (χ2v) is 8.14. The fourth-order valence-corrected chi connectivity index (χ4v) is 3.98. The number of halogens is 1. The average molecular weight is 432 g/mol. The maximum absolute atomic E-state index is 13.0. The van der Waals surface area contributed by atoms with E-state index in [0.717, 1.165) is 28.5 Å². The molecule has 0 aliphatic heterocycles. The van der Waals surface area contributed by atoms with Gasteiger partial charge in [0.2, 0.25) is 0 Å². The first kappa shape index (κ1) is 19.3. The Morgan fingerprint density at radius 1 is 1.06 bits per heavy atom. The third-order valence-electron chi connectivity index (χ3n) is 5.53. The fourth-order valence-electron chi connectivity index (χ4n) is 3.81. The van der Waals surface area contributed by atoms with E-state index in [2.05, 4.69) is 4.98 Å². The van der Waals surface area contributed by atoms with Gasteiger partial charge < -0.3 is 4.57 Å². The molecule has 0 spiro atoms. The lowest BCUT2D eigenvalue weighted by atomic mass is 10.2. The molecule has 1 aliphatic rings. The summed E-state index contributed by atoms with van der Waals surface area (Å²) in [4.78, 5) is 30.5. The van der Waals surface area contributed by atoms with E-state index >= 15 is 0 Å². The molecule has 4 aromatic rings. The van der Waals surface area contributed by atoms with Crippen molar-refractivity contribution in [3.05, 3.63) is 97.5 Å². The summed E-state index contributed by atoms with van der Waals surface area (Å²) in [5.74, 6) is 0.553. The van der Waals surface area contributed by atoms with Gasteiger partial charge in [0, 0.05) is 23.8 Å². The van der Waals surface area contributed by atoms with Gasteiger partial charge in [-0.05, 0) is 36.6 Å². The molecule has 154 valence electrons. The Morgan fingerprint density at radius 3 is 2.55 bits per heavy atom. The lowest BCUT2D eigenvalue weighted by molar-refractivity contribution is 0.565. The molecule has 7 nitrogen and oxygen atoms in total. The van der Waals surface area contributed by atoms with Gasteiger partial charge in [-0.15, -0.1) is 0 Å². The van der Waals surface area contributed by atoms with Crippen molar-refractivity contribution in [3.8, 4) is 6.07 Å². The Balaban J connectivity index is 1.67. The van der Waals surface area contributed by atoms with Gasteiger partial charge in [0.1, 0.15) is 17.5 Å². The van der Waals surface area contributed by atoms with Crippen LogP contribution in [0.25, 0.3) is 11.0 Å². The monoisotopic (exact) mass is 431 g/mol. The van der Waals surface area contributed by atoms with Crippen LogP contribution in [0.4, 0.5) is 0 Å². The number of aromatic nitrogens is 4. The Kier molecular flexibility index (Phi) is 4.72. The van der Waals surface area contributed by atoms with Crippen LogP contribution in [0.15, 0.2) is 64.3 Å². The highest BCUT2D eigenvalue weighted by Crippen LogP contribution is 2.33. The first-order valence-corrected chi connectivity index (χ1v) is 10.4. The van der Waals surface area contributed by atoms with E-state index in [1.54, 1.807) is 12.1 Å². The van der Waals surface area contributed by atoms with Crippen molar-refractivity contribution in [2.45, 2.75) is 32.0 Å². The first-order valence-electron chi connectivity index (χ1n) is 10.00. The molecule has 8 heteroatoms. The zero-order chi connectivity index (χ0) is 21.5. The molecule has 5 rings (SSSR count). The molecule has 0 unspecified atom stereocenters. The van der Waals surface area contributed by atoms with Crippen molar-refractivity contribution in [2.24, 2.45) is 0 Å². The van der Waals surface area contributed by atoms with Gasteiger partial charge in [0.05, 0.1) is 17.6 Å². The average Bonchev–Trinajstić information content (AvgIpc) is 3.56. The van der Waals surface area contributed by atoms with E-state index in [-0.39, 0.29) is 18.2 Å². The van der Waals surface area contributed by atoms with Gasteiger partial charge >= 0.3 is 5.69 Å². The molecule has 0 N–H and O–H groups in total. The smallest absolute Gasteiger partial charge is 0.322 e.